The lowest BCUT2D eigenvalue weighted by Crippen LogP contribution is -2.47. The minimum absolute atomic E-state index is 0.109. The summed E-state index contributed by atoms with van der Waals surface area (Å²) in [4.78, 5) is 53.0. The first-order valence-electron chi connectivity index (χ1n) is 10.5. The Kier molecular flexibility index (Phi) is 7.00. The highest BCUT2D eigenvalue weighted by molar-refractivity contribution is 5.84. The Labute approximate surface area is 190 Å². The third kappa shape index (κ3) is 4.97. The van der Waals surface area contributed by atoms with E-state index in [2.05, 4.69) is 15.8 Å². The number of aromatic nitrogens is 4. The molecule has 2 N–H and O–H groups in total. The van der Waals surface area contributed by atoms with Gasteiger partial charge < -0.3 is 9.30 Å². The number of carbonyl (C=O) groups is 2. The maximum Gasteiger partial charge on any atom is 0.332 e. The third-order valence-corrected chi connectivity index (χ3v) is 5.57. The van der Waals surface area contributed by atoms with Crippen molar-refractivity contribution in [3.8, 4) is 5.75 Å². The topological polar surface area (TPSA) is 129 Å². The number of rotatable bonds is 7. The number of hydrazine groups is 1. The predicted molar refractivity (Wildman–Crippen MR) is 122 cm³/mol. The first kappa shape index (κ1) is 23.8. The Morgan fingerprint density at radius 3 is 2.58 bits per heavy atom. The molecule has 3 rings (SSSR count). The molecule has 11 nitrogen and oxygen atoms in total. The summed E-state index contributed by atoms with van der Waals surface area (Å²) in [5.74, 6) is -0.249. The van der Waals surface area contributed by atoms with Crippen LogP contribution in [0.25, 0.3) is 11.2 Å². The number of hydrogen-bond acceptors (Lipinski definition) is 6. The highest BCUT2D eigenvalue weighted by atomic mass is 16.5. The summed E-state index contributed by atoms with van der Waals surface area (Å²) in [5.41, 5.74) is 6.43. The van der Waals surface area contributed by atoms with Gasteiger partial charge in [-0.3, -0.25) is 34.4 Å². The number of ether oxygens (including phenoxy) is 1. The number of nitrogens with zero attached hydrogens (tertiary/aromatic N) is 4. The molecule has 0 spiro atoms. The van der Waals surface area contributed by atoms with Gasteiger partial charge in [-0.25, -0.2) is 9.78 Å². The van der Waals surface area contributed by atoms with Gasteiger partial charge in [0.25, 0.3) is 11.5 Å². The Morgan fingerprint density at radius 2 is 1.85 bits per heavy atom. The molecule has 2 amide bonds. The number of imidazole rings is 1. The quantitative estimate of drug-likeness (QED) is 0.497. The van der Waals surface area contributed by atoms with Crippen molar-refractivity contribution in [2.24, 2.45) is 14.1 Å². The summed E-state index contributed by atoms with van der Waals surface area (Å²) >= 11 is 0. The fraction of sp³-hybridized carbons (Fsp3) is 0.409. The second kappa shape index (κ2) is 9.72. The van der Waals surface area contributed by atoms with Crippen molar-refractivity contribution in [1.82, 2.24) is 29.5 Å². The number of nitrogens with one attached hydrogen (secondary N) is 2. The standard InChI is InChI=1S/C22H28N6O5/c1-13-8-6-9-16(14(13)2)33-15(3)20(30)25-24-17(29)10-7-11-28-12-23-19-18(28)21(31)27(5)22(32)26(19)4/h6,8-9,12,15H,7,10-11H2,1-5H3,(H,24,29)(H,25,30). The number of hydrogen-bond donors (Lipinski definition) is 2. The lowest BCUT2D eigenvalue weighted by Gasteiger charge is -2.17. The normalized spacial score (nSPS) is 11.9. The van der Waals surface area contributed by atoms with E-state index in [1.54, 1.807) is 24.6 Å². The van der Waals surface area contributed by atoms with Gasteiger partial charge in [0.05, 0.1) is 6.33 Å². The van der Waals surface area contributed by atoms with Gasteiger partial charge in [0.15, 0.2) is 17.3 Å². The molecule has 0 aliphatic heterocycles. The zero-order chi connectivity index (χ0) is 24.3. The summed E-state index contributed by atoms with van der Waals surface area (Å²) in [7, 11) is 2.95. The fourth-order valence-corrected chi connectivity index (χ4v) is 3.37. The van der Waals surface area contributed by atoms with E-state index >= 15 is 0 Å². The summed E-state index contributed by atoms with van der Waals surface area (Å²) in [6.45, 7) is 5.81. The number of carbonyl (C=O) groups excluding carboxylic acids is 2. The lowest BCUT2D eigenvalue weighted by atomic mass is 10.1. The summed E-state index contributed by atoms with van der Waals surface area (Å²) in [6.07, 6.45) is 1.18. The van der Waals surface area contributed by atoms with Crippen molar-refractivity contribution in [3.63, 3.8) is 0 Å². The Balaban J connectivity index is 1.51. The molecule has 2 aromatic heterocycles. The van der Waals surface area contributed by atoms with E-state index in [-0.39, 0.29) is 18.0 Å². The molecule has 3 aromatic rings. The maximum absolute atomic E-state index is 12.4. The van der Waals surface area contributed by atoms with E-state index in [0.29, 0.717) is 24.2 Å². The van der Waals surface area contributed by atoms with Crippen LogP contribution in [0.1, 0.15) is 30.9 Å². The van der Waals surface area contributed by atoms with E-state index in [1.165, 1.54) is 17.9 Å². The molecular formula is C22H28N6O5. The molecule has 0 aliphatic rings. The van der Waals surface area contributed by atoms with Crippen LogP contribution in [0.5, 0.6) is 5.75 Å². The van der Waals surface area contributed by atoms with Gasteiger partial charge in [-0.15, -0.1) is 0 Å². The van der Waals surface area contributed by atoms with E-state index in [9.17, 15) is 19.2 Å². The van der Waals surface area contributed by atoms with Crippen LogP contribution in [0.3, 0.4) is 0 Å². The first-order chi connectivity index (χ1) is 15.6. The van der Waals surface area contributed by atoms with Crippen LogP contribution in [-0.4, -0.2) is 36.6 Å². The molecular weight excluding hydrogens is 428 g/mol. The molecule has 1 aromatic carbocycles. The van der Waals surface area contributed by atoms with Crippen LogP contribution in [-0.2, 0) is 30.2 Å². The minimum atomic E-state index is -0.800. The number of fused-ring (bicyclic) bond motifs is 1. The molecule has 0 bridgehead atoms. The summed E-state index contributed by atoms with van der Waals surface area (Å²) in [6, 6.07) is 5.59. The average molecular weight is 457 g/mol. The minimum Gasteiger partial charge on any atom is -0.481 e. The largest absolute Gasteiger partial charge is 0.481 e. The molecule has 33 heavy (non-hydrogen) atoms. The summed E-state index contributed by atoms with van der Waals surface area (Å²) < 4.78 is 9.64. The van der Waals surface area contributed by atoms with Crippen molar-refractivity contribution < 1.29 is 14.3 Å². The Bertz CT molecular complexity index is 1320. The van der Waals surface area contributed by atoms with E-state index < -0.39 is 23.3 Å². The molecule has 1 unspecified atom stereocenters. The monoisotopic (exact) mass is 456 g/mol. The van der Waals surface area contributed by atoms with Gasteiger partial charge in [-0.05, 0) is 44.4 Å². The maximum atomic E-state index is 12.4. The predicted octanol–water partition coefficient (Wildman–Crippen LogP) is 0.446. The Hall–Kier alpha value is -3.89. The van der Waals surface area contributed by atoms with Gasteiger partial charge in [0, 0.05) is 27.1 Å². The van der Waals surface area contributed by atoms with Gasteiger partial charge in [-0.1, -0.05) is 12.1 Å². The lowest BCUT2D eigenvalue weighted by molar-refractivity contribution is -0.132. The van der Waals surface area contributed by atoms with Crippen molar-refractivity contribution in [3.05, 3.63) is 56.5 Å². The number of amides is 2. The van der Waals surface area contributed by atoms with Gasteiger partial charge in [-0.2, -0.15) is 0 Å². The smallest absolute Gasteiger partial charge is 0.332 e. The Morgan fingerprint density at radius 1 is 1.12 bits per heavy atom. The molecule has 0 aliphatic carbocycles. The van der Waals surface area contributed by atoms with Gasteiger partial charge in [0.1, 0.15) is 5.75 Å². The first-order valence-corrected chi connectivity index (χ1v) is 10.5. The third-order valence-electron chi connectivity index (χ3n) is 5.57. The van der Waals surface area contributed by atoms with Crippen LogP contribution < -0.4 is 26.8 Å². The van der Waals surface area contributed by atoms with Crippen LogP contribution >= 0.6 is 0 Å². The number of aryl methyl sites for hydroxylation is 3. The van der Waals surface area contributed by atoms with E-state index in [0.717, 1.165) is 15.7 Å². The van der Waals surface area contributed by atoms with Crippen molar-refractivity contribution >= 4 is 23.0 Å². The fourth-order valence-electron chi connectivity index (χ4n) is 3.37. The zero-order valence-electron chi connectivity index (χ0n) is 19.3. The van der Waals surface area contributed by atoms with Crippen molar-refractivity contribution in [2.75, 3.05) is 0 Å². The van der Waals surface area contributed by atoms with Gasteiger partial charge >= 0.3 is 5.69 Å². The molecule has 2 heterocycles. The van der Waals surface area contributed by atoms with Gasteiger partial charge in [0.2, 0.25) is 5.91 Å². The van der Waals surface area contributed by atoms with E-state index in [1.807, 2.05) is 26.0 Å². The SMILES string of the molecule is Cc1cccc(OC(C)C(=O)NNC(=O)CCCn2cnc3c2c(=O)n(C)c(=O)n3C)c1C. The molecule has 0 fully saturated rings. The second-order valence-electron chi connectivity index (χ2n) is 7.92. The molecule has 0 radical (unpaired) electrons. The molecule has 11 heteroatoms. The highest BCUT2D eigenvalue weighted by Crippen LogP contribution is 2.21. The van der Waals surface area contributed by atoms with Crippen molar-refractivity contribution in [2.45, 2.75) is 46.3 Å². The number of benzene rings is 1. The van der Waals surface area contributed by atoms with Crippen LogP contribution in [0, 0.1) is 13.8 Å². The zero-order valence-corrected chi connectivity index (χ0v) is 19.3. The van der Waals surface area contributed by atoms with E-state index in [4.69, 9.17) is 4.74 Å². The van der Waals surface area contributed by atoms with Crippen LogP contribution in [0.15, 0.2) is 34.1 Å². The average Bonchev–Trinajstić information content (AvgIpc) is 3.21. The molecule has 1 atom stereocenters. The highest BCUT2D eigenvalue weighted by Gasteiger charge is 2.17. The summed E-state index contributed by atoms with van der Waals surface area (Å²) in [5, 5.41) is 0. The molecule has 176 valence electrons. The van der Waals surface area contributed by atoms with Crippen molar-refractivity contribution in [1.29, 1.82) is 0 Å². The molecule has 0 saturated carbocycles. The van der Waals surface area contributed by atoms with Crippen LogP contribution in [0.2, 0.25) is 0 Å². The second-order valence-corrected chi connectivity index (χ2v) is 7.92. The molecule has 0 saturated heterocycles. The van der Waals surface area contributed by atoms with Crippen LogP contribution in [0.4, 0.5) is 0 Å².